The number of nitrogens with one attached hydrogen (secondary N) is 1. The van der Waals surface area contributed by atoms with Crippen molar-refractivity contribution in [2.24, 2.45) is 0 Å². The molecule has 1 aromatic heterocycles. The molecule has 1 heterocycles. The van der Waals surface area contributed by atoms with Gasteiger partial charge in [0.1, 0.15) is 0 Å². The van der Waals surface area contributed by atoms with Crippen LogP contribution >= 0.6 is 0 Å². The van der Waals surface area contributed by atoms with E-state index < -0.39 is 16.1 Å². The van der Waals surface area contributed by atoms with Crippen LogP contribution in [0.3, 0.4) is 0 Å². The summed E-state index contributed by atoms with van der Waals surface area (Å²) >= 11 is 0. The first-order valence-corrected chi connectivity index (χ1v) is 9.38. The lowest BCUT2D eigenvalue weighted by Gasteiger charge is -2.20. The summed E-state index contributed by atoms with van der Waals surface area (Å²) in [6.45, 7) is -0.278. The van der Waals surface area contributed by atoms with E-state index in [1.807, 2.05) is 36.4 Å². The molecule has 24 heavy (non-hydrogen) atoms. The van der Waals surface area contributed by atoms with Crippen molar-refractivity contribution in [3.8, 4) is 0 Å². The number of sulfonamides is 1. The van der Waals surface area contributed by atoms with Crippen LogP contribution in [0.15, 0.2) is 53.6 Å². The van der Waals surface area contributed by atoms with E-state index in [1.165, 1.54) is 0 Å². The number of benzene rings is 1. The predicted octanol–water partition coefficient (Wildman–Crippen LogP) is 1.89. The zero-order valence-electron chi connectivity index (χ0n) is 13.2. The first-order valence-electron chi connectivity index (χ1n) is 7.90. The van der Waals surface area contributed by atoms with Crippen LogP contribution in [-0.2, 0) is 22.9 Å². The molecule has 1 aliphatic rings. The highest BCUT2D eigenvalue weighted by Gasteiger charge is 2.24. The number of aromatic nitrogens is 1. The molecule has 1 atom stereocenters. The fourth-order valence-corrected chi connectivity index (χ4v) is 4.23. The molecule has 0 amide bonds. The topological polar surface area (TPSA) is 79.3 Å². The van der Waals surface area contributed by atoms with Gasteiger partial charge in [0.25, 0.3) is 0 Å². The first kappa shape index (κ1) is 16.8. The fourth-order valence-electron chi connectivity index (χ4n) is 2.83. The molecule has 0 unspecified atom stereocenters. The van der Waals surface area contributed by atoms with Crippen molar-refractivity contribution < 1.29 is 13.5 Å². The number of rotatable bonds is 6. The third-order valence-corrected chi connectivity index (χ3v) is 5.74. The molecule has 0 saturated heterocycles. The summed E-state index contributed by atoms with van der Waals surface area (Å²) in [5.74, 6) is 0. The number of hydrogen-bond acceptors (Lipinski definition) is 4. The number of hydrogen-bond donors (Lipinski definition) is 2. The van der Waals surface area contributed by atoms with Gasteiger partial charge in [-0.15, -0.1) is 0 Å². The molecule has 0 aliphatic heterocycles. The summed E-state index contributed by atoms with van der Waals surface area (Å²) in [5.41, 5.74) is 2.83. The van der Waals surface area contributed by atoms with Crippen LogP contribution in [0, 0.1) is 0 Å². The summed E-state index contributed by atoms with van der Waals surface area (Å²) in [6, 6.07) is 12.6. The normalized spacial score (nSPS) is 15.5. The Morgan fingerprint density at radius 2 is 1.92 bits per heavy atom. The van der Waals surface area contributed by atoms with E-state index in [0.717, 1.165) is 16.8 Å². The summed E-state index contributed by atoms with van der Waals surface area (Å²) in [5, 5.41) is 9.53. The Labute approximate surface area is 142 Å². The van der Waals surface area contributed by atoms with Crippen molar-refractivity contribution in [3.63, 3.8) is 0 Å². The summed E-state index contributed by atoms with van der Waals surface area (Å²) < 4.78 is 27.9. The molecule has 0 bridgehead atoms. The van der Waals surface area contributed by atoms with E-state index >= 15 is 0 Å². The van der Waals surface area contributed by atoms with Gasteiger partial charge in [-0.05, 0) is 42.2 Å². The first-order chi connectivity index (χ1) is 11.6. The Balaban J connectivity index is 1.77. The maximum atomic E-state index is 12.6. The lowest BCUT2D eigenvalue weighted by Crippen LogP contribution is -2.40. The van der Waals surface area contributed by atoms with Crippen LogP contribution in [0.25, 0.3) is 6.08 Å². The van der Waals surface area contributed by atoms with Crippen molar-refractivity contribution in [1.29, 1.82) is 0 Å². The standard InChI is InChI=1S/C18H20N2O3S/c21-13-17(12-16-7-3-4-10-19-16)20-24(22,23)18-9-8-14-5-1-2-6-15(14)11-18/h1-7,10-11,17,20-21H,8-9,12-13H2/t17-/m0/s1. The molecule has 5 nitrogen and oxygen atoms in total. The SMILES string of the molecule is O=S(=O)(N[C@H](CO)Cc1ccccn1)C1=Cc2ccccc2CC1. The monoisotopic (exact) mass is 344 g/mol. The number of pyridine rings is 1. The number of aryl methyl sites for hydroxylation is 1. The molecule has 126 valence electrons. The molecule has 0 radical (unpaired) electrons. The maximum absolute atomic E-state index is 12.6. The van der Waals surface area contributed by atoms with Gasteiger partial charge in [-0.25, -0.2) is 13.1 Å². The van der Waals surface area contributed by atoms with Gasteiger partial charge in [0.15, 0.2) is 0 Å². The second kappa shape index (κ2) is 7.25. The Morgan fingerprint density at radius 1 is 1.12 bits per heavy atom. The minimum absolute atomic E-state index is 0.278. The highest BCUT2D eigenvalue weighted by molar-refractivity contribution is 7.93. The Kier molecular flexibility index (Phi) is 5.08. The molecule has 6 heteroatoms. The van der Waals surface area contributed by atoms with E-state index in [0.29, 0.717) is 24.2 Å². The van der Waals surface area contributed by atoms with E-state index in [1.54, 1.807) is 18.3 Å². The van der Waals surface area contributed by atoms with Gasteiger partial charge in [0.2, 0.25) is 10.0 Å². The summed E-state index contributed by atoms with van der Waals surface area (Å²) in [7, 11) is -3.63. The molecular formula is C18H20N2O3S. The molecule has 0 spiro atoms. The highest BCUT2D eigenvalue weighted by atomic mass is 32.2. The van der Waals surface area contributed by atoms with Crippen molar-refractivity contribution in [2.45, 2.75) is 25.3 Å². The van der Waals surface area contributed by atoms with Crippen LogP contribution in [-0.4, -0.2) is 31.2 Å². The largest absolute Gasteiger partial charge is 0.395 e. The van der Waals surface area contributed by atoms with Crippen molar-refractivity contribution in [2.75, 3.05) is 6.61 Å². The Bertz CT molecular complexity index is 832. The number of allylic oxidation sites excluding steroid dienone is 1. The second-order valence-corrected chi connectivity index (χ2v) is 7.60. The molecule has 2 N–H and O–H groups in total. The smallest absolute Gasteiger partial charge is 0.237 e. The summed E-state index contributed by atoms with van der Waals surface area (Å²) in [4.78, 5) is 4.54. The van der Waals surface area contributed by atoms with Crippen molar-refractivity contribution in [3.05, 3.63) is 70.4 Å². The minimum Gasteiger partial charge on any atom is -0.395 e. The van der Waals surface area contributed by atoms with Crippen molar-refractivity contribution >= 4 is 16.1 Å². The molecule has 1 aliphatic carbocycles. The van der Waals surface area contributed by atoms with E-state index in [9.17, 15) is 13.5 Å². The van der Waals surface area contributed by atoms with E-state index in [2.05, 4.69) is 9.71 Å². The predicted molar refractivity (Wildman–Crippen MR) is 93.6 cm³/mol. The van der Waals surface area contributed by atoms with Gasteiger partial charge in [0.05, 0.1) is 17.6 Å². The van der Waals surface area contributed by atoms with Crippen LogP contribution in [0.1, 0.15) is 23.2 Å². The third kappa shape index (κ3) is 3.90. The van der Waals surface area contributed by atoms with E-state index in [4.69, 9.17) is 0 Å². The average molecular weight is 344 g/mol. The van der Waals surface area contributed by atoms with Crippen LogP contribution in [0.5, 0.6) is 0 Å². The zero-order chi connectivity index (χ0) is 17.0. The number of nitrogens with zero attached hydrogens (tertiary/aromatic N) is 1. The Hall–Kier alpha value is -2.02. The van der Waals surface area contributed by atoms with Crippen LogP contribution < -0.4 is 4.72 Å². The van der Waals surface area contributed by atoms with Crippen LogP contribution in [0.4, 0.5) is 0 Å². The van der Waals surface area contributed by atoms with Gasteiger partial charge in [0, 0.05) is 18.3 Å². The maximum Gasteiger partial charge on any atom is 0.237 e. The zero-order valence-corrected chi connectivity index (χ0v) is 14.0. The molecule has 1 aromatic carbocycles. The van der Waals surface area contributed by atoms with Crippen molar-refractivity contribution in [1.82, 2.24) is 9.71 Å². The molecule has 3 rings (SSSR count). The molecular weight excluding hydrogens is 324 g/mol. The molecule has 2 aromatic rings. The highest BCUT2D eigenvalue weighted by Crippen LogP contribution is 2.26. The fraction of sp³-hybridized carbons (Fsp3) is 0.278. The number of fused-ring (bicyclic) bond motifs is 1. The lowest BCUT2D eigenvalue weighted by molar-refractivity contribution is 0.255. The summed E-state index contributed by atoms with van der Waals surface area (Å²) in [6.07, 6.45) is 4.89. The van der Waals surface area contributed by atoms with E-state index in [-0.39, 0.29) is 6.61 Å². The van der Waals surface area contributed by atoms with Gasteiger partial charge in [-0.3, -0.25) is 4.98 Å². The number of aliphatic hydroxyl groups is 1. The third-order valence-electron chi connectivity index (χ3n) is 4.08. The Morgan fingerprint density at radius 3 is 2.67 bits per heavy atom. The average Bonchev–Trinajstić information content (AvgIpc) is 2.61. The second-order valence-electron chi connectivity index (χ2n) is 5.84. The molecule has 0 fully saturated rings. The van der Waals surface area contributed by atoms with Gasteiger partial charge >= 0.3 is 0 Å². The number of aliphatic hydroxyl groups excluding tert-OH is 1. The lowest BCUT2D eigenvalue weighted by atomic mass is 9.98. The van der Waals surface area contributed by atoms with Gasteiger partial charge in [-0.2, -0.15) is 0 Å². The molecule has 0 saturated carbocycles. The minimum atomic E-state index is -3.63. The quantitative estimate of drug-likeness (QED) is 0.839. The van der Waals surface area contributed by atoms with Gasteiger partial charge < -0.3 is 5.11 Å². The van der Waals surface area contributed by atoms with Crippen LogP contribution in [0.2, 0.25) is 0 Å². The van der Waals surface area contributed by atoms with Gasteiger partial charge in [-0.1, -0.05) is 30.3 Å².